The Labute approximate surface area is 132 Å². The molecule has 0 aliphatic carbocycles. The average Bonchev–Trinajstić information content (AvgIpc) is 2.56. The van der Waals surface area contributed by atoms with Crippen molar-refractivity contribution in [3.63, 3.8) is 0 Å². The summed E-state index contributed by atoms with van der Waals surface area (Å²) < 4.78 is 0. The van der Waals surface area contributed by atoms with E-state index in [4.69, 9.17) is 0 Å². The van der Waals surface area contributed by atoms with Crippen LogP contribution in [0.4, 0.5) is 0 Å². The smallest absolute Gasteiger partial charge is 0.251 e. The quantitative estimate of drug-likeness (QED) is 0.606. The van der Waals surface area contributed by atoms with Crippen molar-refractivity contribution >= 4 is 11.8 Å². The maximum absolute atomic E-state index is 12.3. The molecule has 5 heteroatoms. The first-order valence-corrected chi connectivity index (χ1v) is 7.88. The van der Waals surface area contributed by atoms with Gasteiger partial charge in [-0.05, 0) is 38.1 Å². The monoisotopic (exact) mass is 305 g/mol. The Balaban J connectivity index is 2.64. The molecule has 1 aromatic rings. The summed E-state index contributed by atoms with van der Waals surface area (Å²) in [6.45, 7) is 5.45. The Bertz CT molecular complexity index is 462. The second-order valence-electron chi connectivity index (χ2n) is 5.45. The summed E-state index contributed by atoms with van der Waals surface area (Å²) in [4.78, 5) is 24.6. The van der Waals surface area contributed by atoms with Gasteiger partial charge >= 0.3 is 0 Å². The fourth-order valence-electron chi connectivity index (χ4n) is 2.10. The number of hydrogen-bond acceptors (Lipinski definition) is 3. The lowest BCUT2D eigenvalue weighted by atomic mass is 9.98. The van der Waals surface area contributed by atoms with Crippen molar-refractivity contribution in [3.8, 4) is 0 Å². The second kappa shape index (κ2) is 9.95. The van der Waals surface area contributed by atoms with E-state index in [0.29, 0.717) is 12.1 Å². The van der Waals surface area contributed by atoms with Gasteiger partial charge in [-0.2, -0.15) is 0 Å². The molecule has 2 unspecified atom stereocenters. The van der Waals surface area contributed by atoms with E-state index in [9.17, 15) is 9.59 Å². The fourth-order valence-corrected chi connectivity index (χ4v) is 2.10. The molecule has 0 bridgehead atoms. The highest BCUT2D eigenvalue weighted by Gasteiger charge is 2.25. The fraction of sp³-hybridized carbons (Fsp3) is 0.529. The highest BCUT2D eigenvalue weighted by Crippen LogP contribution is 2.09. The van der Waals surface area contributed by atoms with E-state index < -0.39 is 6.04 Å². The normalized spacial score (nSPS) is 13.2. The van der Waals surface area contributed by atoms with Crippen molar-refractivity contribution in [2.24, 2.45) is 5.92 Å². The molecule has 0 spiro atoms. The van der Waals surface area contributed by atoms with E-state index in [1.54, 1.807) is 12.1 Å². The predicted molar refractivity (Wildman–Crippen MR) is 88.7 cm³/mol. The van der Waals surface area contributed by atoms with Crippen molar-refractivity contribution in [3.05, 3.63) is 35.9 Å². The Kier molecular flexibility index (Phi) is 8.22. The SMILES string of the molecule is CCC(C)C(NC(=O)c1ccccc1)C(=O)NCCCNC. The zero-order valence-electron chi connectivity index (χ0n) is 13.7. The van der Waals surface area contributed by atoms with E-state index in [0.717, 1.165) is 19.4 Å². The molecule has 0 aliphatic rings. The number of carbonyl (C=O) groups excluding carboxylic acids is 2. The van der Waals surface area contributed by atoms with Crippen LogP contribution in [0.15, 0.2) is 30.3 Å². The zero-order chi connectivity index (χ0) is 16.4. The molecule has 0 fully saturated rings. The third-order valence-corrected chi connectivity index (χ3v) is 3.72. The van der Waals surface area contributed by atoms with Gasteiger partial charge in [0, 0.05) is 12.1 Å². The van der Waals surface area contributed by atoms with Crippen LogP contribution in [-0.4, -0.2) is 38.0 Å². The van der Waals surface area contributed by atoms with Crippen molar-refractivity contribution in [2.75, 3.05) is 20.1 Å². The Morgan fingerprint density at radius 3 is 2.41 bits per heavy atom. The predicted octanol–water partition coefficient (Wildman–Crippen LogP) is 1.56. The van der Waals surface area contributed by atoms with Gasteiger partial charge in [0.15, 0.2) is 0 Å². The van der Waals surface area contributed by atoms with Gasteiger partial charge in [-0.1, -0.05) is 38.5 Å². The maximum Gasteiger partial charge on any atom is 0.251 e. The second-order valence-corrected chi connectivity index (χ2v) is 5.45. The van der Waals surface area contributed by atoms with Gasteiger partial charge in [0.05, 0.1) is 0 Å². The van der Waals surface area contributed by atoms with Crippen LogP contribution >= 0.6 is 0 Å². The standard InChI is InChI=1S/C17H27N3O2/c1-4-13(2)15(17(22)19-12-8-11-18-3)20-16(21)14-9-6-5-7-10-14/h5-7,9-10,13,15,18H,4,8,11-12H2,1-3H3,(H,19,22)(H,20,21). The highest BCUT2D eigenvalue weighted by molar-refractivity contribution is 5.97. The first kappa shape index (κ1) is 18.2. The van der Waals surface area contributed by atoms with E-state index in [1.165, 1.54) is 0 Å². The van der Waals surface area contributed by atoms with Gasteiger partial charge in [0.1, 0.15) is 6.04 Å². The molecule has 2 atom stereocenters. The van der Waals surface area contributed by atoms with Gasteiger partial charge in [-0.3, -0.25) is 9.59 Å². The van der Waals surface area contributed by atoms with Gasteiger partial charge in [0.25, 0.3) is 5.91 Å². The number of amides is 2. The summed E-state index contributed by atoms with van der Waals surface area (Å²) in [5.74, 6) is -0.247. The van der Waals surface area contributed by atoms with E-state index in [1.807, 2.05) is 39.1 Å². The van der Waals surface area contributed by atoms with Crippen LogP contribution in [0.3, 0.4) is 0 Å². The molecule has 0 heterocycles. The third kappa shape index (κ3) is 5.85. The Hall–Kier alpha value is -1.88. The molecule has 22 heavy (non-hydrogen) atoms. The average molecular weight is 305 g/mol. The lowest BCUT2D eigenvalue weighted by Crippen LogP contribution is -2.50. The molecule has 122 valence electrons. The molecule has 3 N–H and O–H groups in total. The molecule has 2 amide bonds. The van der Waals surface area contributed by atoms with Crippen molar-refractivity contribution in [2.45, 2.75) is 32.7 Å². The molecule has 1 aromatic carbocycles. The lowest BCUT2D eigenvalue weighted by molar-refractivity contribution is -0.124. The first-order valence-electron chi connectivity index (χ1n) is 7.88. The van der Waals surface area contributed by atoms with Crippen LogP contribution in [0.25, 0.3) is 0 Å². The molecule has 0 radical (unpaired) electrons. The highest BCUT2D eigenvalue weighted by atomic mass is 16.2. The van der Waals surface area contributed by atoms with Crippen molar-refractivity contribution < 1.29 is 9.59 Å². The first-order chi connectivity index (χ1) is 10.6. The maximum atomic E-state index is 12.3. The summed E-state index contributed by atoms with van der Waals surface area (Å²) in [5, 5.41) is 8.79. The summed E-state index contributed by atoms with van der Waals surface area (Å²) >= 11 is 0. The molecular formula is C17H27N3O2. The number of rotatable bonds is 9. The minimum atomic E-state index is -0.507. The van der Waals surface area contributed by atoms with Gasteiger partial charge in [-0.15, -0.1) is 0 Å². The summed E-state index contributed by atoms with van der Waals surface area (Å²) in [6.07, 6.45) is 1.69. The van der Waals surface area contributed by atoms with Crippen LogP contribution in [0.1, 0.15) is 37.0 Å². The minimum Gasteiger partial charge on any atom is -0.354 e. The van der Waals surface area contributed by atoms with E-state index >= 15 is 0 Å². The molecule has 5 nitrogen and oxygen atoms in total. The Morgan fingerprint density at radius 2 is 1.82 bits per heavy atom. The largest absolute Gasteiger partial charge is 0.354 e. The van der Waals surface area contributed by atoms with Crippen LogP contribution in [0.2, 0.25) is 0 Å². The number of carbonyl (C=O) groups is 2. The summed E-state index contributed by atoms with van der Waals surface area (Å²) in [6, 6.07) is 8.46. The van der Waals surface area contributed by atoms with Crippen molar-refractivity contribution in [1.82, 2.24) is 16.0 Å². The van der Waals surface area contributed by atoms with Gasteiger partial charge in [-0.25, -0.2) is 0 Å². The van der Waals surface area contributed by atoms with Gasteiger partial charge < -0.3 is 16.0 Å². The van der Waals surface area contributed by atoms with Crippen LogP contribution in [0, 0.1) is 5.92 Å². The third-order valence-electron chi connectivity index (χ3n) is 3.72. The summed E-state index contributed by atoms with van der Waals surface area (Å²) in [7, 11) is 1.88. The zero-order valence-corrected chi connectivity index (χ0v) is 13.7. The lowest BCUT2D eigenvalue weighted by Gasteiger charge is -2.23. The topological polar surface area (TPSA) is 70.2 Å². The van der Waals surface area contributed by atoms with Crippen molar-refractivity contribution in [1.29, 1.82) is 0 Å². The molecular weight excluding hydrogens is 278 g/mol. The van der Waals surface area contributed by atoms with Crippen LogP contribution < -0.4 is 16.0 Å². The molecule has 1 rings (SSSR count). The molecule has 0 aliphatic heterocycles. The van der Waals surface area contributed by atoms with Gasteiger partial charge in [0.2, 0.25) is 5.91 Å². The molecule has 0 saturated heterocycles. The number of benzene rings is 1. The Morgan fingerprint density at radius 1 is 1.14 bits per heavy atom. The summed E-state index contributed by atoms with van der Waals surface area (Å²) in [5.41, 5.74) is 0.568. The number of nitrogens with one attached hydrogen (secondary N) is 3. The number of hydrogen-bond donors (Lipinski definition) is 3. The minimum absolute atomic E-state index is 0.0805. The van der Waals surface area contributed by atoms with Crippen LogP contribution in [-0.2, 0) is 4.79 Å². The van der Waals surface area contributed by atoms with Crippen LogP contribution in [0.5, 0.6) is 0 Å². The molecule has 0 saturated carbocycles. The molecule has 0 aromatic heterocycles. The van der Waals surface area contributed by atoms with E-state index in [2.05, 4.69) is 16.0 Å². The van der Waals surface area contributed by atoms with E-state index in [-0.39, 0.29) is 17.7 Å².